The number of nitrogens with zero attached hydrogens (tertiary/aromatic N) is 2. The van der Waals surface area contributed by atoms with E-state index in [-0.39, 0.29) is 22.7 Å². The first kappa shape index (κ1) is 16.6. The van der Waals surface area contributed by atoms with E-state index in [1.54, 1.807) is 6.92 Å². The molecule has 0 saturated carbocycles. The third-order valence-corrected chi connectivity index (χ3v) is 4.13. The predicted molar refractivity (Wildman–Crippen MR) is 81.7 cm³/mol. The summed E-state index contributed by atoms with van der Waals surface area (Å²) in [6.07, 6.45) is -1.05. The quantitative estimate of drug-likeness (QED) is 0.817. The van der Waals surface area contributed by atoms with E-state index in [0.717, 1.165) is 25.9 Å². The second-order valence-electron chi connectivity index (χ2n) is 5.79. The Hall–Kier alpha value is -2.29. The molecular weight excluding hydrogens is 322 g/mol. The molecule has 24 heavy (non-hydrogen) atoms. The molecule has 0 radical (unpaired) electrons. The minimum atomic E-state index is -2.75. The zero-order chi connectivity index (χ0) is 17.3. The predicted octanol–water partition coefficient (Wildman–Crippen LogP) is 1.22. The highest BCUT2D eigenvalue weighted by Gasteiger charge is 2.25. The van der Waals surface area contributed by atoms with Crippen LogP contribution in [-0.4, -0.2) is 46.7 Å². The van der Waals surface area contributed by atoms with Crippen LogP contribution in [0.1, 0.15) is 40.5 Å². The number of hydrogen-bond donors (Lipinski definition) is 2. The van der Waals surface area contributed by atoms with Gasteiger partial charge < -0.3 is 15.0 Å². The van der Waals surface area contributed by atoms with Gasteiger partial charge in [0.2, 0.25) is 0 Å². The molecule has 2 aromatic rings. The van der Waals surface area contributed by atoms with Crippen LogP contribution in [0.4, 0.5) is 8.78 Å². The fourth-order valence-electron chi connectivity index (χ4n) is 3.04. The molecule has 1 aliphatic heterocycles. The highest BCUT2D eigenvalue weighted by Crippen LogP contribution is 2.26. The molecule has 0 aliphatic carbocycles. The number of rotatable bonds is 4. The van der Waals surface area contributed by atoms with E-state index in [2.05, 4.69) is 20.1 Å². The van der Waals surface area contributed by atoms with Crippen molar-refractivity contribution in [3.8, 4) is 0 Å². The molecule has 1 saturated heterocycles. The second kappa shape index (κ2) is 6.68. The molecule has 2 N–H and O–H groups in total. The van der Waals surface area contributed by atoms with Gasteiger partial charge in [-0.25, -0.2) is 18.1 Å². The zero-order valence-corrected chi connectivity index (χ0v) is 13.1. The maximum absolute atomic E-state index is 12.3. The molecule has 0 bridgehead atoms. The molecular formula is C15H18F2N4O3. The smallest absolute Gasteiger partial charge is 0.344 e. The summed E-state index contributed by atoms with van der Waals surface area (Å²) < 4.78 is 30.6. The third-order valence-electron chi connectivity index (χ3n) is 4.13. The average molecular weight is 340 g/mol. The normalized spacial score (nSPS) is 16.0. The number of H-pyrrole nitrogens is 1. The maximum Gasteiger partial charge on any atom is 0.344 e. The lowest BCUT2D eigenvalue weighted by Crippen LogP contribution is -2.28. The first-order valence-electron chi connectivity index (χ1n) is 7.76. The van der Waals surface area contributed by atoms with Gasteiger partial charge >= 0.3 is 5.97 Å². The second-order valence-corrected chi connectivity index (χ2v) is 5.79. The lowest BCUT2D eigenvalue weighted by atomic mass is 9.94. The third kappa shape index (κ3) is 3.16. The molecule has 1 fully saturated rings. The van der Waals surface area contributed by atoms with Gasteiger partial charge in [0.25, 0.3) is 12.0 Å². The van der Waals surface area contributed by atoms with Crippen LogP contribution in [0.2, 0.25) is 0 Å². The summed E-state index contributed by atoms with van der Waals surface area (Å²) in [4.78, 5) is 26.7. The average Bonchev–Trinajstić information content (AvgIpc) is 2.88. The number of carbonyl (C=O) groups excluding carboxylic acids is 1. The van der Waals surface area contributed by atoms with Gasteiger partial charge in [-0.05, 0) is 32.9 Å². The standard InChI is InChI=1S/C15H18F2N4O3/c1-8-13(15(23)24-7-11(16)17)14-19-12(22)6-10(21(14)20-8)9-2-4-18-5-3-9/h6,9,11,18H,2-5,7H2,1H3,(H,19,22). The Labute approximate surface area is 136 Å². The van der Waals surface area contributed by atoms with E-state index in [1.165, 1.54) is 10.6 Å². The van der Waals surface area contributed by atoms with Gasteiger partial charge in [0.1, 0.15) is 5.56 Å². The largest absolute Gasteiger partial charge is 0.456 e. The van der Waals surface area contributed by atoms with E-state index in [4.69, 9.17) is 0 Å². The first-order chi connectivity index (χ1) is 11.5. The van der Waals surface area contributed by atoms with Crippen molar-refractivity contribution >= 4 is 11.6 Å². The van der Waals surface area contributed by atoms with Gasteiger partial charge in [0.05, 0.1) is 11.4 Å². The summed E-state index contributed by atoms with van der Waals surface area (Å²) in [6.45, 7) is 2.26. The minimum Gasteiger partial charge on any atom is -0.456 e. The number of alkyl halides is 2. The van der Waals surface area contributed by atoms with Crippen LogP contribution in [0.15, 0.2) is 10.9 Å². The number of fused-ring (bicyclic) bond motifs is 1. The van der Waals surface area contributed by atoms with Crippen molar-refractivity contribution in [3.63, 3.8) is 0 Å². The van der Waals surface area contributed by atoms with Crippen molar-refractivity contribution in [2.75, 3.05) is 19.7 Å². The lowest BCUT2D eigenvalue weighted by Gasteiger charge is -2.23. The SMILES string of the molecule is Cc1nn2c(C3CCNCC3)cc(=O)[nH]c2c1C(=O)OCC(F)F. The molecule has 1 aliphatic rings. The number of hydrogen-bond acceptors (Lipinski definition) is 5. The van der Waals surface area contributed by atoms with Crippen LogP contribution in [0.5, 0.6) is 0 Å². The first-order valence-corrected chi connectivity index (χ1v) is 7.76. The van der Waals surface area contributed by atoms with Crippen molar-refractivity contribution < 1.29 is 18.3 Å². The topological polar surface area (TPSA) is 88.5 Å². The molecule has 9 heteroatoms. The van der Waals surface area contributed by atoms with Gasteiger partial charge in [0.15, 0.2) is 12.3 Å². The van der Waals surface area contributed by atoms with Crippen LogP contribution in [0.25, 0.3) is 5.65 Å². The molecule has 0 unspecified atom stereocenters. The molecule has 0 aromatic carbocycles. The van der Waals surface area contributed by atoms with Gasteiger partial charge in [-0.3, -0.25) is 4.79 Å². The Kier molecular flexibility index (Phi) is 4.61. The fraction of sp³-hybridized carbons (Fsp3) is 0.533. The van der Waals surface area contributed by atoms with Crippen LogP contribution in [-0.2, 0) is 4.74 Å². The minimum absolute atomic E-state index is 0.0172. The van der Waals surface area contributed by atoms with E-state index >= 15 is 0 Å². The van der Waals surface area contributed by atoms with Gasteiger partial charge in [0, 0.05) is 12.0 Å². The summed E-state index contributed by atoms with van der Waals surface area (Å²) in [5, 5.41) is 7.56. The maximum atomic E-state index is 12.3. The fourth-order valence-corrected chi connectivity index (χ4v) is 3.04. The van der Waals surface area contributed by atoms with Crippen molar-refractivity contribution in [3.05, 3.63) is 33.4 Å². The summed E-state index contributed by atoms with van der Waals surface area (Å²) in [6, 6.07) is 1.48. The zero-order valence-electron chi connectivity index (χ0n) is 13.1. The number of aromatic amines is 1. The number of nitrogens with one attached hydrogen (secondary N) is 2. The molecule has 3 rings (SSSR count). The Morgan fingerprint density at radius 2 is 2.17 bits per heavy atom. The lowest BCUT2D eigenvalue weighted by molar-refractivity contribution is 0.0161. The van der Waals surface area contributed by atoms with Crippen molar-refractivity contribution in [1.82, 2.24) is 19.9 Å². The number of ether oxygens (including phenoxy) is 1. The van der Waals surface area contributed by atoms with E-state index in [9.17, 15) is 18.4 Å². The Bertz CT molecular complexity index is 809. The van der Waals surface area contributed by atoms with E-state index < -0.39 is 19.0 Å². The molecule has 130 valence electrons. The number of piperidine rings is 1. The van der Waals surface area contributed by atoms with Crippen LogP contribution in [0, 0.1) is 6.92 Å². The monoisotopic (exact) mass is 340 g/mol. The van der Waals surface area contributed by atoms with Gasteiger partial charge in [-0.1, -0.05) is 0 Å². The molecule has 7 nitrogen and oxygen atoms in total. The number of aromatic nitrogens is 3. The van der Waals surface area contributed by atoms with Crippen LogP contribution < -0.4 is 10.9 Å². The van der Waals surface area contributed by atoms with Crippen molar-refractivity contribution in [2.24, 2.45) is 0 Å². The summed E-state index contributed by atoms with van der Waals surface area (Å²) >= 11 is 0. The number of esters is 1. The molecule has 3 heterocycles. The number of halogens is 2. The van der Waals surface area contributed by atoms with E-state index in [1.807, 2.05) is 0 Å². The Morgan fingerprint density at radius 3 is 2.83 bits per heavy atom. The van der Waals surface area contributed by atoms with Crippen molar-refractivity contribution in [1.29, 1.82) is 0 Å². The van der Waals surface area contributed by atoms with E-state index in [0.29, 0.717) is 11.4 Å². The van der Waals surface area contributed by atoms with Gasteiger partial charge in [-0.15, -0.1) is 0 Å². The summed E-state index contributed by atoms with van der Waals surface area (Å²) in [7, 11) is 0. The van der Waals surface area contributed by atoms with Crippen LogP contribution in [0.3, 0.4) is 0 Å². The number of carbonyl (C=O) groups is 1. The van der Waals surface area contributed by atoms with Gasteiger partial charge in [-0.2, -0.15) is 5.10 Å². The molecule has 0 spiro atoms. The highest BCUT2D eigenvalue weighted by atomic mass is 19.3. The molecule has 0 amide bonds. The number of aryl methyl sites for hydroxylation is 1. The van der Waals surface area contributed by atoms with Crippen molar-refractivity contribution in [2.45, 2.75) is 32.1 Å². The van der Waals surface area contributed by atoms with Crippen LogP contribution >= 0.6 is 0 Å². The molecule has 0 atom stereocenters. The highest BCUT2D eigenvalue weighted by molar-refractivity contribution is 5.97. The summed E-state index contributed by atoms with van der Waals surface area (Å²) in [5.74, 6) is -0.777. The Balaban J connectivity index is 2.05. The Morgan fingerprint density at radius 1 is 1.46 bits per heavy atom. The summed E-state index contributed by atoms with van der Waals surface area (Å²) in [5.41, 5.74) is 0.882. The molecule has 2 aromatic heterocycles.